The lowest BCUT2D eigenvalue weighted by Crippen LogP contribution is -2.49. The second-order valence-electron chi connectivity index (χ2n) is 5.91. The van der Waals surface area contributed by atoms with Crippen LogP contribution in [0.3, 0.4) is 0 Å². The standard InChI is InChI=1S/C16H20Br2N2O/c17-12-5-6-14(15(18)10-12)16(21)20-9-3-4-13(11-20)19-7-1-2-8-19/h5-6,10,13H,1-4,7-9,11H2. The molecule has 0 saturated carbocycles. The first-order valence-electron chi connectivity index (χ1n) is 7.63. The highest BCUT2D eigenvalue weighted by Gasteiger charge is 2.30. The van der Waals surface area contributed by atoms with Gasteiger partial charge in [-0.3, -0.25) is 9.69 Å². The molecule has 3 nitrogen and oxygen atoms in total. The van der Waals surface area contributed by atoms with Gasteiger partial charge in [0.15, 0.2) is 0 Å². The fourth-order valence-corrected chi connectivity index (χ4v) is 4.59. The van der Waals surface area contributed by atoms with E-state index in [0.717, 1.165) is 34.0 Å². The van der Waals surface area contributed by atoms with Crippen molar-refractivity contribution in [3.63, 3.8) is 0 Å². The highest BCUT2D eigenvalue weighted by atomic mass is 79.9. The second kappa shape index (κ2) is 6.80. The van der Waals surface area contributed by atoms with Crippen molar-refractivity contribution in [2.45, 2.75) is 31.7 Å². The number of amides is 1. The van der Waals surface area contributed by atoms with Crippen LogP contribution in [0.25, 0.3) is 0 Å². The van der Waals surface area contributed by atoms with E-state index in [4.69, 9.17) is 0 Å². The number of carbonyl (C=O) groups excluding carboxylic acids is 1. The van der Waals surface area contributed by atoms with Gasteiger partial charge in [-0.05, 0) is 72.9 Å². The average Bonchev–Trinajstić information content (AvgIpc) is 3.01. The molecule has 5 heteroatoms. The lowest BCUT2D eigenvalue weighted by atomic mass is 10.0. The van der Waals surface area contributed by atoms with Crippen molar-refractivity contribution in [1.29, 1.82) is 0 Å². The Hall–Kier alpha value is -0.390. The van der Waals surface area contributed by atoms with E-state index < -0.39 is 0 Å². The van der Waals surface area contributed by atoms with Crippen molar-refractivity contribution in [2.75, 3.05) is 26.2 Å². The molecule has 1 unspecified atom stereocenters. The van der Waals surface area contributed by atoms with Gasteiger partial charge in [0.1, 0.15) is 0 Å². The largest absolute Gasteiger partial charge is 0.337 e. The molecule has 1 aromatic carbocycles. The molecule has 1 atom stereocenters. The van der Waals surface area contributed by atoms with Crippen molar-refractivity contribution in [3.05, 3.63) is 32.7 Å². The molecule has 2 aliphatic heterocycles. The second-order valence-corrected chi connectivity index (χ2v) is 7.68. The lowest BCUT2D eigenvalue weighted by Gasteiger charge is -2.37. The van der Waals surface area contributed by atoms with Crippen LogP contribution in [0.1, 0.15) is 36.0 Å². The van der Waals surface area contributed by atoms with Gasteiger partial charge in [0, 0.05) is 28.1 Å². The van der Waals surface area contributed by atoms with Crippen molar-refractivity contribution >= 4 is 37.8 Å². The van der Waals surface area contributed by atoms with Gasteiger partial charge < -0.3 is 4.90 Å². The van der Waals surface area contributed by atoms with Crippen LogP contribution in [-0.4, -0.2) is 47.9 Å². The number of halogens is 2. The van der Waals surface area contributed by atoms with Crippen molar-refractivity contribution in [3.8, 4) is 0 Å². The van der Waals surface area contributed by atoms with Crippen LogP contribution < -0.4 is 0 Å². The Kier molecular flexibility index (Phi) is 5.02. The fourth-order valence-electron chi connectivity index (χ4n) is 3.38. The Bertz CT molecular complexity index is 529. The third-order valence-corrected chi connectivity index (χ3v) is 5.65. The highest BCUT2D eigenvalue weighted by Crippen LogP contribution is 2.26. The third-order valence-electron chi connectivity index (χ3n) is 4.50. The molecular formula is C16H20Br2N2O. The normalized spacial score (nSPS) is 23.5. The van der Waals surface area contributed by atoms with E-state index in [1.165, 1.54) is 32.4 Å². The SMILES string of the molecule is O=C(c1ccc(Br)cc1Br)N1CCCC(N2CCCC2)C1. The van der Waals surface area contributed by atoms with E-state index in [2.05, 4.69) is 36.8 Å². The molecule has 1 amide bonds. The Morgan fingerprint density at radius 2 is 1.86 bits per heavy atom. The van der Waals surface area contributed by atoms with Gasteiger partial charge in [0.2, 0.25) is 0 Å². The molecule has 0 radical (unpaired) electrons. The summed E-state index contributed by atoms with van der Waals surface area (Å²) in [5.41, 5.74) is 0.764. The van der Waals surface area contributed by atoms with Crippen molar-refractivity contribution in [1.82, 2.24) is 9.80 Å². The molecule has 1 aromatic rings. The van der Waals surface area contributed by atoms with Crippen LogP contribution in [0.2, 0.25) is 0 Å². The van der Waals surface area contributed by atoms with E-state index >= 15 is 0 Å². The average molecular weight is 416 g/mol. The van der Waals surface area contributed by atoms with E-state index in [0.29, 0.717) is 6.04 Å². The summed E-state index contributed by atoms with van der Waals surface area (Å²) in [6.45, 7) is 4.16. The number of rotatable bonds is 2. The smallest absolute Gasteiger partial charge is 0.255 e. The summed E-state index contributed by atoms with van der Waals surface area (Å²) in [6.07, 6.45) is 4.96. The van der Waals surface area contributed by atoms with E-state index in [1.807, 2.05) is 23.1 Å². The summed E-state index contributed by atoms with van der Waals surface area (Å²) in [4.78, 5) is 17.3. The molecule has 114 valence electrons. The maximum Gasteiger partial charge on any atom is 0.255 e. The molecule has 0 aromatic heterocycles. The number of piperidine rings is 1. The molecule has 0 bridgehead atoms. The number of hydrogen-bond donors (Lipinski definition) is 0. The maximum absolute atomic E-state index is 12.8. The minimum Gasteiger partial charge on any atom is -0.337 e. The molecule has 0 aliphatic carbocycles. The molecule has 2 saturated heterocycles. The minimum absolute atomic E-state index is 0.151. The summed E-state index contributed by atoms with van der Waals surface area (Å²) in [6, 6.07) is 6.32. The molecule has 0 N–H and O–H groups in total. The summed E-state index contributed by atoms with van der Waals surface area (Å²) < 4.78 is 1.85. The number of likely N-dealkylation sites (tertiary alicyclic amines) is 2. The van der Waals surface area contributed by atoms with Gasteiger partial charge in [-0.1, -0.05) is 15.9 Å². The highest BCUT2D eigenvalue weighted by molar-refractivity contribution is 9.11. The zero-order chi connectivity index (χ0) is 14.8. The third kappa shape index (κ3) is 3.51. The number of carbonyl (C=O) groups is 1. The topological polar surface area (TPSA) is 23.6 Å². The summed E-state index contributed by atoms with van der Waals surface area (Å²) in [7, 11) is 0. The van der Waals surface area contributed by atoms with Crippen molar-refractivity contribution in [2.24, 2.45) is 0 Å². The molecule has 2 heterocycles. The predicted octanol–water partition coefficient (Wildman–Crippen LogP) is 3.91. The molecule has 21 heavy (non-hydrogen) atoms. The maximum atomic E-state index is 12.8. The number of benzene rings is 1. The van der Waals surface area contributed by atoms with Crippen LogP contribution in [0.5, 0.6) is 0 Å². The Morgan fingerprint density at radius 3 is 2.57 bits per heavy atom. The quantitative estimate of drug-likeness (QED) is 0.730. The predicted molar refractivity (Wildman–Crippen MR) is 91.6 cm³/mol. The van der Waals surface area contributed by atoms with E-state index in [-0.39, 0.29) is 5.91 Å². The van der Waals surface area contributed by atoms with Crippen LogP contribution in [0, 0.1) is 0 Å². The Morgan fingerprint density at radius 1 is 1.10 bits per heavy atom. The zero-order valence-corrected chi connectivity index (χ0v) is 15.2. The molecule has 2 aliphatic rings. The van der Waals surface area contributed by atoms with Gasteiger partial charge in [0.25, 0.3) is 5.91 Å². The van der Waals surface area contributed by atoms with Crippen LogP contribution >= 0.6 is 31.9 Å². The monoisotopic (exact) mass is 414 g/mol. The molecule has 3 rings (SSSR count). The first-order valence-corrected chi connectivity index (χ1v) is 9.22. The lowest BCUT2D eigenvalue weighted by molar-refractivity contribution is 0.0607. The van der Waals surface area contributed by atoms with Crippen LogP contribution in [0.15, 0.2) is 27.1 Å². The molecule has 2 fully saturated rings. The van der Waals surface area contributed by atoms with Gasteiger partial charge in [-0.15, -0.1) is 0 Å². The number of nitrogens with zero attached hydrogens (tertiary/aromatic N) is 2. The molecular weight excluding hydrogens is 396 g/mol. The van der Waals surface area contributed by atoms with Gasteiger partial charge in [-0.2, -0.15) is 0 Å². The number of hydrogen-bond acceptors (Lipinski definition) is 2. The molecule has 0 spiro atoms. The van der Waals surface area contributed by atoms with Crippen LogP contribution in [0.4, 0.5) is 0 Å². The Labute approximate surface area is 142 Å². The van der Waals surface area contributed by atoms with Gasteiger partial charge in [-0.25, -0.2) is 0 Å². The van der Waals surface area contributed by atoms with Gasteiger partial charge >= 0.3 is 0 Å². The zero-order valence-electron chi connectivity index (χ0n) is 12.0. The summed E-state index contributed by atoms with van der Waals surface area (Å²) in [5, 5.41) is 0. The van der Waals surface area contributed by atoms with Gasteiger partial charge in [0.05, 0.1) is 5.56 Å². The van der Waals surface area contributed by atoms with E-state index in [9.17, 15) is 4.79 Å². The van der Waals surface area contributed by atoms with E-state index in [1.54, 1.807) is 0 Å². The first-order chi connectivity index (χ1) is 10.1. The fraction of sp³-hybridized carbons (Fsp3) is 0.562. The minimum atomic E-state index is 0.151. The summed E-state index contributed by atoms with van der Waals surface area (Å²) >= 11 is 6.94. The summed E-state index contributed by atoms with van der Waals surface area (Å²) in [5.74, 6) is 0.151. The van der Waals surface area contributed by atoms with Crippen LogP contribution in [-0.2, 0) is 0 Å². The first kappa shape index (κ1) is 15.5. The van der Waals surface area contributed by atoms with Crippen molar-refractivity contribution < 1.29 is 4.79 Å². The Balaban J connectivity index is 1.71.